The van der Waals surface area contributed by atoms with Crippen molar-refractivity contribution in [3.05, 3.63) is 47.0 Å². The Morgan fingerprint density at radius 1 is 1.09 bits per heavy atom. The van der Waals surface area contributed by atoms with Crippen LogP contribution in [0.3, 0.4) is 0 Å². The molecular weight excluding hydrogens is 318 g/mol. The van der Waals surface area contributed by atoms with Gasteiger partial charge in [-0.15, -0.1) is 0 Å². The fraction of sp³-hybridized carbons (Fsp3) is 0.235. The zero-order valence-corrected chi connectivity index (χ0v) is 13.9. The maximum absolute atomic E-state index is 12.0. The molecule has 2 aromatic carbocycles. The molecule has 0 aromatic heterocycles. The first kappa shape index (κ1) is 17.0. The van der Waals surface area contributed by atoms with E-state index < -0.39 is 0 Å². The van der Waals surface area contributed by atoms with E-state index >= 15 is 0 Å². The molecule has 0 atom stereocenters. The van der Waals surface area contributed by atoms with Gasteiger partial charge in [0.05, 0.1) is 14.2 Å². The zero-order chi connectivity index (χ0) is 16.8. The highest BCUT2D eigenvalue weighted by Crippen LogP contribution is 2.32. The third kappa shape index (κ3) is 4.53. The minimum Gasteiger partial charge on any atom is -0.493 e. The van der Waals surface area contributed by atoms with Gasteiger partial charge in [0.25, 0.3) is 5.91 Å². The lowest BCUT2D eigenvalue weighted by molar-refractivity contribution is -0.118. The van der Waals surface area contributed by atoms with Crippen LogP contribution >= 0.6 is 11.6 Å². The molecule has 0 aliphatic rings. The van der Waals surface area contributed by atoms with E-state index in [1.807, 2.05) is 6.92 Å². The van der Waals surface area contributed by atoms with Crippen LogP contribution in [0, 0.1) is 6.92 Å². The smallest absolute Gasteiger partial charge is 0.262 e. The minimum atomic E-state index is -0.268. The maximum Gasteiger partial charge on any atom is 0.262 e. The van der Waals surface area contributed by atoms with Crippen molar-refractivity contribution in [3.8, 4) is 17.2 Å². The van der Waals surface area contributed by atoms with Gasteiger partial charge in [-0.2, -0.15) is 0 Å². The molecule has 0 radical (unpaired) electrons. The Bertz CT molecular complexity index is 686. The quantitative estimate of drug-likeness (QED) is 0.874. The zero-order valence-electron chi connectivity index (χ0n) is 13.2. The highest BCUT2D eigenvalue weighted by atomic mass is 35.5. The van der Waals surface area contributed by atoms with Crippen LogP contribution in [0.15, 0.2) is 36.4 Å². The number of nitrogens with one attached hydrogen (secondary N) is 1. The van der Waals surface area contributed by atoms with E-state index in [9.17, 15) is 4.79 Å². The lowest BCUT2D eigenvalue weighted by atomic mass is 10.1. The van der Waals surface area contributed by atoms with Crippen LogP contribution in [0.1, 0.15) is 5.56 Å². The van der Waals surface area contributed by atoms with E-state index in [0.29, 0.717) is 28.0 Å². The van der Waals surface area contributed by atoms with Gasteiger partial charge >= 0.3 is 0 Å². The molecule has 1 N–H and O–H groups in total. The largest absolute Gasteiger partial charge is 0.493 e. The van der Waals surface area contributed by atoms with Crippen molar-refractivity contribution in [3.63, 3.8) is 0 Å². The predicted octanol–water partition coefficient (Wildman–Crippen LogP) is 3.68. The van der Waals surface area contributed by atoms with Crippen molar-refractivity contribution >= 4 is 23.2 Å². The van der Waals surface area contributed by atoms with Gasteiger partial charge in [0, 0.05) is 16.8 Å². The summed E-state index contributed by atoms with van der Waals surface area (Å²) < 4.78 is 15.9. The van der Waals surface area contributed by atoms with Gasteiger partial charge in [-0.25, -0.2) is 0 Å². The third-order valence-electron chi connectivity index (χ3n) is 3.19. The molecule has 0 saturated carbocycles. The summed E-state index contributed by atoms with van der Waals surface area (Å²) in [7, 11) is 3.11. The summed E-state index contributed by atoms with van der Waals surface area (Å²) >= 11 is 5.80. The number of methoxy groups -OCH3 is 2. The molecule has 1 amide bonds. The lowest BCUT2D eigenvalue weighted by Gasteiger charge is -2.14. The average molecular weight is 336 g/mol. The number of aryl methyl sites for hydroxylation is 1. The Hall–Kier alpha value is -2.40. The lowest BCUT2D eigenvalue weighted by Crippen LogP contribution is -2.20. The summed E-state index contributed by atoms with van der Waals surface area (Å²) in [5.41, 5.74) is 1.51. The summed E-state index contributed by atoms with van der Waals surface area (Å²) in [6, 6.07) is 10.3. The normalized spacial score (nSPS) is 10.1. The molecule has 23 heavy (non-hydrogen) atoms. The van der Waals surface area contributed by atoms with E-state index in [1.54, 1.807) is 50.6 Å². The Morgan fingerprint density at radius 3 is 2.30 bits per heavy atom. The van der Waals surface area contributed by atoms with Gasteiger partial charge < -0.3 is 19.5 Å². The number of rotatable bonds is 6. The van der Waals surface area contributed by atoms with E-state index in [-0.39, 0.29) is 12.5 Å². The second-order valence-electron chi connectivity index (χ2n) is 4.81. The van der Waals surface area contributed by atoms with Crippen LogP contribution in [0.2, 0.25) is 5.02 Å². The molecule has 0 bridgehead atoms. The van der Waals surface area contributed by atoms with E-state index in [0.717, 1.165) is 5.56 Å². The van der Waals surface area contributed by atoms with E-state index in [2.05, 4.69) is 5.32 Å². The van der Waals surface area contributed by atoms with Gasteiger partial charge in [0.2, 0.25) is 0 Å². The highest BCUT2D eigenvalue weighted by Gasteiger charge is 2.11. The van der Waals surface area contributed by atoms with Gasteiger partial charge in [-0.05, 0) is 42.8 Å². The SMILES string of the molecule is COc1cc(C)c(NC(=O)COc2ccc(Cl)cc2)cc1OC. The molecule has 0 spiro atoms. The molecule has 0 aliphatic carbocycles. The second kappa shape index (κ2) is 7.74. The number of halogens is 1. The van der Waals surface area contributed by atoms with Crippen molar-refractivity contribution in [2.24, 2.45) is 0 Å². The molecule has 0 saturated heterocycles. The summed E-state index contributed by atoms with van der Waals surface area (Å²) in [6.07, 6.45) is 0. The van der Waals surface area contributed by atoms with E-state index in [4.69, 9.17) is 25.8 Å². The summed E-state index contributed by atoms with van der Waals surface area (Å²) in [6.45, 7) is 1.77. The van der Waals surface area contributed by atoms with Gasteiger partial charge in [0.1, 0.15) is 5.75 Å². The standard InChI is InChI=1S/C17H18ClNO4/c1-11-8-15(21-2)16(22-3)9-14(11)19-17(20)10-23-13-6-4-12(18)5-7-13/h4-9H,10H2,1-3H3,(H,19,20). The number of anilines is 1. The first-order chi connectivity index (χ1) is 11.0. The van der Waals surface area contributed by atoms with Crippen LogP contribution in [0.4, 0.5) is 5.69 Å². The number of amides is 1. The van der Waals surface area contributed by atoms with Gasteiger partial charge in [-0.1, -0.05) is 11.6 Å². The number of hydrogen-bond acceptors (Lipinski definition) is 4. The van der Waals surface area contributed by atoms with Crippen LogP contribution < -0.4 is 19.5 Å². The fourth-order valence-electron chi connectivity index (χ4n) is 1.98. The molecule has 2 aromatic rings. The van der Waals surface area contributed by atoms with Crippen molar-refractivity contribution in [2.45, 2.75) is 6.92 Å². The molecular formula is C17H18ClNO4. The number of hydrogen-bond donors (Lipinski definition) is 1. The topological polar surface area (TPSA) is 56.8 Å². The van der Waals surface area contributed by atoms with Crippen LogP contribution in [0.25, 0.3) is 0 Å². The molecule has 2 rings (SSSR count). The summed E-state index contributed by atoms with van der Waals surface area (Å²) in [4.78, 5) is 12.0. The molecule has 0 aliphatic heterocycles. The van der Waals surface area contributed by atoms with Crippen LogP contribution in [0.5, 0.6) is 17.2 Å². The maximum atomic E-state index is 12.0. The minimum absolute atomic E-state index is 0.102. The van der Waals surface area contributed by atoms with Crippen molar-refractivity contribution in [1.82, 2.24) is 0 Å². The summed E-state index contributed by atoms with van der Waals surface area (Å²) in [5.74, 6) is 1.47. The van der Waals surface area contributed by atoms with E-state index in [1.165, 1.54) is 0 Å². The number of ether oxygens (including phenoxy) is 3. The Balaban J connectivity index is 2.01. The second-order valence-corrected chi connectivity index (χ2v) is 5.25. The van der Waals surface area contributed by atoms with Crippen molar-refractivity contribution < 1.29 is 19.0 Å². The molecule has 0 fully saturated rings. The van der Waals surface area contributed by atoms with Crippen LogP contribution in [-0.4, -0.2) is 26.7 Å². The van der Waals surface area contributed by atoms with Crippen LogP contribution in [-0.2, 0) is 4.79 Å². The highest BCUT2D eigenvalue weighted by molar-refractivity contribution is 6.30. The molecule has 5 nitrogen and oxygen atoms in total. The first-order valence-corrected chi connectivity index (χ1v) is 7.32. The van der Waals surface area contributed by atoms with Gasteiger partial charge in [0.15, 0.2) is 18.1 Å². The number of benzene rings is 2. The van der Waals surface area contributed by atoms with Crippen molar-refractivity contribution in [2.75, 3.05) is 26.1 Å². The Morgan fingerprint density at radius 2 is 1.70 bits per heavy atom. The monoisotopic (exact) mass is 335 g/mol. The number of carbonyl (C=O) groups excluding carboxylic acids is 1. The van der Waals surface area contributed by atoms with Gasteiger partial charge in [-0.3, -0.25) is 4.79 Å². The Kier molecular flexibility index (Phi) is 5.71. The van der Waals surface area contributed by atoms with Crippen molar-refractivity contribution in [1.29, 1.82) is 0 Å². The summed E-state index contributed by atoms with van der Waals surface area (Å²) in [5, 5.41) is 3.41. The molecule has 0 unspecified atom stereocenters. The molecule has 0 heterocycles. The Labute approximate surface area is 140 Å². The fourth-order valence-corrected chi connectivity index (χ4v) is 2.11. The average Bonchev–Trinajstić information content (AvgIpc) is 2.55. The third-order valence-corrected chi connectivity index (χ3v) is 3.44. The predicted molar refractivity (Wildman–Crippen MR) is 89.9 cm³/mol. The molecule has 122 valence electrons. The first-order valence-electron chi connectivity index (χ1n) is 6.94. The molecule has 6 heteroatoms. The number of carbonyl (C=O) groups is 1.